The molecule has 2 atom stereocenters. The van der Waals surface area contributed by atoms with Gasteiger partial charge >= 0.3 is 0 Å². The van der Waals surface area contributed by atoms with Crippen LogP contribution in [0.4, 0.5) is 0 Å². The van der Waals surface area contributed by atoms with Gasteiger partial charge in [-0.15, -0.1) is 0 Å². The first kappa shape index (κ1) is 13.8. The lowest BCUT2D eigenvalue weighted by Crippen LogP contribution is -2.61. The van der Waals surface area contributed by atoms with E-state index in [9.17, 15) is 9.59 Å². The van der Waals surface area contributed by atoms with E-state index in [4.69, 9.17) is 5.41 Å². The van der Waals surface area contributed by atoms with E-state index in [-0.39, 0.29) is 23.9 Å². The van der Waals surface area contributed by atoms with Crippen LogP contribution in [-0.4, -0.2) is 47.7 Å². The van der Waals surface area contributed by atoms with Gasteiger partial charge in [0.25, 0.3) is 0 Å². The maximum Gasteiger partial charge on any atom is 0.245 e. The molecule has 0 aliphatic carbocycles. The van der Waals surface area contributed by atoms with Crippen molar-refractivity contribution in [2.24, 2.45) is 0 Å². The Morgan fingerprint density at radius 2 is 2.32 bits per heavy atom. The van der Waals surface area contributed by atoms with E-state index in [1.807, 2.05) is 6.92 Å². The predicted molar refractivity (Wildman–Crippen MR) is 71.9 cm³/mol. The Morgan fingerprint density at radius 1 is 1.53 bits per heavy atom. The molecule has 2 saturated heterocycles. The third-order valence-corrected chi connectivity index (χ3v) is 3.81. The number of carbonyl (C=O) groups is 2. The summed E-state index contributed by atoms with van der Waals surface area (Å²) in [5, 5.41) is 13.3. The number of carbonyl (C=O) groups excluding carboxylic acids is 2. The monoisotopic (exact) mass is 266 g/mol. The van der Waals surface area contributed by atoms with Crippen molar-refractivity contribution in [1.82, 2.24) is 15.5 Å². The number of hydrogen-bond acceptors (Lipinski definition) is 3. The van der Waals surface area contributed by atoms with E-state index < -0.39 is 0 Å². The molecule has 0 aromatic rings. The van der Waals surface area contributed by atoms with E-state index in [1.165, 1.54) is 0 Å². The second-order valence-corrected chi connectivity index (χ2v) is 5.15. The number of rotatable bonds is 5. The van der Waals surface area contributed by atoms with Gasteiger partial charge in [-0.3, -0.25) is 15.0 Å². The van der Waals surface area contributed by atoms with E-state index in [0.29, 0.717) is 31.8 Å². The standard InChI is InChI=1S/C13H22N4O2/c1-2-11(14)15-7-3-5-9-13(19)17-8-4-6-10(17)12(18)16-9/h9-10H,2-8H2,1H3,(H2,14,15)(H,16,18)/t9-,10+/m0/s1. The molecule has 2 rings (SSSR count). The normalized spacial score (nSPS) is 26.1. The van der Waals surface area contributed by atoms with Crippen molar-refractivity contribution in [3.8, 4) is 0 Å². The predicted octanol–water partition coefficient (Wildman–Crippen LogP) is 0.233. The number of nitrogens with one attached hydrogen (secondary N) is 3. The summed E-state index contributed by atoms with van der Waals surface area (Å²) in [5.74, 6) is 0.572. The Balaban J connectivity index is 1.79. The molecule has 2 amide bonds. The molecule has 0 unspecified atom stereocenters. The van der Waals surface area contributed by atoms with E-state index in [0.717, 1.165) is 19.3 Å². The Hall–Kier alpha value is -1.59. The van der Waals surface area contributed by atoms with Gasteiger partial charge in [0.2, 0.25) is 11.8 Å². The summed E-state index contributed by atoms with van der Waals surface area (Å²) in [6.45, 7) is 3.32. The lowest BCUT2D eigenvalue weighted by atomic mass is 10.0. The molecule has 2 aliphatic heterocycles. The lowest BCUT2D eigenvalue weighted by Gasteiger charge is -2.34. The van der Waals surface area contributed by atoms with Gasteiger partial charge in [0.15, 0.2) is 0 Å². The Kier molecular flexibility index (Phi) is 4.39. The summed E-state index contributed by atoms with van der Waals surface area (Å²) >= 11 is 0. The second kappa shape index (κ2) is 6.04. The fourth-order valence-electron chi connectivity index (χ4n) is 2.70. The molecule has 0 aromatic heterocycles. The van der Waals surface area contributed by atoms with Crippen LogP contribution in [0.1, 0.15) is 39.0 Å². The summed E-state index contributed by atoms with van der Waals surface area (Å²) in [4.78, 5) is 25.8. The molecule has 19 heavy (non-hydrogen) atoms. The number of piperazine rings is 1. The first-order chi connectivity index (χ1) is 9.13. The highest BCUT2D eigenvalue weighted by molar-refractivity contribution is 5.97. The third-order valence-electron chi connectivity index (χ3n) is 3.81. The van der Waals surface area contributed by atoms with Gasteiger partial charge < -0.3 is 15.5 Å². The molecule has 6 heteroatoms. The molecule has 0 spiro atoms. The largest absolute Gasteiger partial charge is 0.374 e. The minimum atomic E-state index is -0.375. The fourth-order valence-corrected chi connectivity index (χ4v) is 2.70. The Bertz CT molecular complexity index is 383. The molecule has 2 aliphatic rings. The van der Waals surface area contributed by atoms with Crippen LogP contribution in [0, 0.1) is 5.41 Å². The highest BCUT2D eigenvalue weighted by atomic mass is 16.2. The van der Waals surface area contributed by atoms with Gasteiger partial charge in [0.05, 0.1) is 5.84 Å². The van der Waals surface area contributed by atoms with Gasteiger partial charge in [-0.2, -0.15) is 0 Å². The van der Waals surface area contributed by atoms with Crippen LogP contribution < -0.4 is 10.6 Å². The number of hydrogen-bond donors (Lipinski definition) is 3. The average molecular weight is 266 g/mol. The quantitative estimate of drug-likeness (QED) is 0.378. The minimum Gasteiger partial charge on any atom is -0.374 e. The number of fused-ring (bicyclic) bond motifs is 1. The second-order valence-electron chi connectivity index (χ2n) is 5.15. The van der Waals surface area contributed by atoms with Crippen molar-refractivity contribution >= 4 is 17.6 Å². The zero-order chi connectivity index (χ0) is 13.8. The van der Waals surface area contributed by atoms with Crippen LogP contribution >= 0.6 is 0 Å². The van der Waals surface area contributed by atoms with Crippen molar-refractivity contribution in [2.45, 2.75) is 51.1 Å². The summed E-state index contributed by atoms with van der Waals surface area (Å²) in [5.41, 5.74) is 0. The maximum atomic E-state index is 12.2. The number of amidine groups is 1. The van der Waals surface area contributed by atoms with E-state index in [1.54, 1.807) is 4.90 Å². The highest BCUT2D eigenvalue weighted by Gasteiger charge is 2.42. The zero-order valence-corrected chi connectivity index (χ0v) is 11.4. The van der Waals surface area contributed by atoms with Gasteiger partial charge in [0, 0.05) is 19.5 Å². The van der Waals surface area contributed by atoms with Crippen molar-refractivity contribution in [3.05, 3.63) is 0 Å². The first-order valence-electron chi connectivity index (χ1n) is 7.05. The smallest absolute Gasteiger partial charge is 0.245 e. The number of amides is 2. The van der Waals surface area contributed by atoms with Crippen molar-refractivity contribution in [3.63, 3.8) is 0 Å². The van der Waals surface area contributed by atoms with Crippen LogP contribution in [0.5, 0.6) is 0 Å². The molecule has 2 fully saturated rings. The van der Waals surface area contributed by atoms with Crippen LogP contribution in [0.3, 0.4) is 0 Å². The minimum absolute atomic E-state index is 0.00337. The van der Waals surface area contributed by atoms with E-state index >= 15 is 0 Å². The summed E-state index contributed by atoms with van der Waals surface area (Å²) in [6, 6.07) is -0.602. The first-order valence-corrected chi connectivity index (χ1v) is 7.05. The maximum absolute atomic E-state index is 12.2. The molecule has 0 bridgehead atoms. The SMILES string of the molecule is CCC(=N)NCCC[C@@H]1NC(=O)[C@H]2CCCN2C1=O. The van der Waals surface area contributed by atoms with Crippen LogP contribution in [0.2, 0.25) is 0 Å². The molecule has 3 N–H and O–H groups in total. The van der Waals surface area contributed by atoms with Crippen LogP contribution in [-0.2, 0) is 9.59 Å². The Morgan fingerprint density at radius 3 is 3.05 bits per heavy atom. The van der Waals surface area contributed by atoms with Gasteiger partial charge in [0.1, 0.15) is 12.1 Å². The molecule has 0 aromatic carbocycles. The van der Waals surface area contributed by atoms with E-state index in [2.05, 4.69) is 10.6 Å². The molecule has 0 radical (unpaired) electrons. The average Bonchev–Trinajstić information content (AvgIpc) is 2.89. The van der Waals surface area contributed by atoms with Crippen LogP contribution in [0.25, 0.3) is 0 Å². The zero-order valence-electron chi connectivity index (χ0n) is 11.4. The highest BCUT2D eigenvalue weighted by Crippen LogP contribution is 2.23. The topological polar surface area (TPSA) is 85.3 Å². The van der Waals surface area contributed by atoms with Crippen molar-refractivity contribution < 1.29 is 9.59 Å². The lowest BCUT2D eigenvalue weighted by molar-refractivity contribution is -0.147. The summed E-state index contributed by atoms with van der Waals surface area (Å²) < 4.78 is 0. The molecule has 0 saturated carbocycles. The molecular formula is C13H22N4O2. The fraction of sp³-hybridized carbons (Fsp3) is 0.769. The molecule has 2 heterocycles. The van der Waals surface area contributed by atoms with Crippen molar-refractivity contribution in [1.29, 1.82) is 5.41 Å². The molecular weight excluding hydrogens is 244 g/mol. The summed E-state index contributed by atoms with van der Waals surface area (Å²) in [7, 11) is 0. The van der Waals surface area contributed by atoms with Crippen LogP contribution in [0.15, 0.2) is 0 Å². The van der Waals surface area contributed by atoms with Gasteiger partial charge in [-0.1, -0.05) is 6.92 Å². The van der Waals surface area contributed by atoms with Gasteiger partial charge in [-0.05, 0) is 25.7 Å². The number of nitrogens with zero attached hydrogens (tertiary/aromatic N) is 1. The van der Waals surface area contributed by atoms with Gasteiger partial charge in [-0.25, -0.2) is 0 Å². The Labute approximate surface area is 113 Å². The molecule has 6 nitrogen and oxygen atoms in total. The molecule has 106 valence electrons. The third kappa shape index (κ3) is 3.05. The van der Waals surface area contributed by atoms with Crippen molar-refractivity contribution in [2.75, 3.05) is 13.1 Å². The summed E-state index contributed by atoms with van der Waals surface area (Å²) in [6.07, 6.45) is 3.81.